The first-order valence-electron chi connectivity index (χ1n) is 4.81. The quantitative estimate of drug-likeness (QED) is 0.607. The third kappa shape index (κ3) is 3.31. The molecule has 1 rings (SSSR count). The molecule has 0 spiro atoms. The number of aryl methyl sites for hydroxylation is 1. The molecule has 0 aliphatic heterocycles. The highest BCUT2D eigenvalue weighted by Crippen LogP contribution is 2.23. The van der Waals surface area contributed by atoms with Crippen LogP contribution in [-0.4, -0.2) is 20.6 Å². The molecule has 0 bridgehead atoms. The molecule has 1 unspecified atom stereocenters. The maximum atomic E-state index is 4.29. The fourth-order valence-electron chi connectivity index (χ4n) is 1.09. The predicted octanol–water partition coefficient (Wildman–Crippen LogP) is 3.18. The van der Waals surface area contributed by atoms with Crippen molar-refractivity contribution in [1.82, 2.24) is 9.55 Å². The topological polar surface area (TPSA) is 17.8 Å². The SMILES string of the molecule is CC(C)C(CBr)CSc1nccn1C. The molecule has 0 saturated carbocycles. The lowest BCUT2D eigenvalue weighted by molar-refractivity contribution is 0.474. The molecule has 4 heteroatoms. The van der Waals surface area contributed by atoms with Crippen molar-refractivity contribution in [2.45, 2.75) is 19.0 Å². The van der Waals surface area contributed by atoms with Crippen LogP contribution in [0.1, 0.15) is 13.8 Å². The van der Waals surface area contributed by atoms with Crippen LogP contribution in [-0.2, 0) is 7.05 Å². The van der Waals surface area contributed by atoms with Crippen LogP contribution in [0.15, 0.2) is 17.6 Å². The van der Waals surface area contributed by atoms with Crippen molar-refractivity contribution >= 4 is 27.7 Å². The lowest BCUT2D eigenvalue weighted by Gasteiger charge is -2.16. The Kier molecular flexibility index (Phi) is 5.02. The van der Waals surface area contributed by atoms with Gasteiger partial charge in [-0.1, -0.05) is 41.5 Å². The van der Waals surface area contributed by atoms with Gasteiger partial charge >= 0.3 is 0 Å². The van der Waals surface area contributed by atoms with Crippen LogP contribution in [0.2, 0.25) is 0 Å². The summed E-state index contributed by atoms with van der Waals surface area (Å²) in [5.41, 5.74) is 0. The van der Waals surface area contributed by atoms with E-state index in [-0.39, 0.29) is 0 Å². The first kappa shape index (κ1) is 12.1. The molecular formula is C10H17BrN2S. The molecule has 14 heavy (non-hydrogen) atoms. The Morgan fingerprint density at radius 2 is 2.29 bits per heavy atom. The van der Waals surface area contributed by atoms with Crippen molar-refractivity contribution in [3.05, 3.63) is 12.4 Å². The van der Waals surface area contributed by atoms with Gasteiger partial charge in [0.2, 0.25) is 0 Å². The molecule has 0 amide bonds. The summed E-state index contributed by atoms with van der Waals surface area (Å²) in [4.78, 5) is 4.29. The summed E-state index contributed by atoms with van der Waals surface area (Å²) < 4.78 is 2.07. The van der Waals surface area contributed by atoms with E-state index in [4.69, 9.17) is 0 Å². The second-order valence-corrected chi connectivity index (χ2v) is 5.42. The monoisotopic (exact) mass is 276 g/mol. The third-order valence-corrected chi connectivity index (χ3v) is 4.42. The van der Waals surface area contributed by atoms with Gasteiger partial charge < -0.3 is 4.57 Å². The molecule has 0 aliphatic carbocycles. The zero-order valence-electron chi connectivity index (χ0n) is 8.90. The van der Waals surface area contributed by atoms with Gasteiger partial charge in [0.05, 0.1) is 0 Å². The number of hydrogen-bond donors (Lipinski definition) is 0. The lowest BCUT2D eigenvalue weighted by Crippen LogP contribution is -2.13. The van der Waals surface area contributed by atoms with Crippen LogP contribution in [0, 0.1) is 11.8 Å². The fourth-order valence-corrected chi connectivity index (χ4v) is 3.63. The Labute approximate surface area is 98.6 Å². The molecule has 0 saturated heterocycles. The zero-order valence-corrected chi connectivity index (χ0v) is 11.3. The van der Waals surface area contributed by atoms with E-state index < -0.39 is 0 Å². The molecule has 1 heterocycles. The standard InChI is InChI=1S/C10H17BrN2S/c1-8(2)9(6-11)7-14-10-12-4-5-13(10)3/h4-5,8-9H,6-7H2,1-3H3. The summed E-state index contributed by atoms with van der Waals surface area (Å²) in [6.07, 6.45) is 3.84. The van der Waals surface area contributed by atoms with Crippen LogP contribution >= 0.6 is 27.7 Å². The Morgan fingerprint density at radius 1 is 1.57 bits per heavy atom. The van der Waals surface area contributed by atoms with Gasteiger partial charge in [-0.3, -0.25) is 0 Å². The van der Waals surface area contributed by atoms with Gasteiger partial charge in [-0.15, -0.1) is 0 Å². The van der Waals surface area contributed by atoms with Crippen LogP contribution in [0.4, 0.5) is 0 Å². The molecule has 0 radical (unpaired) electrons. The first-order chi connectivity index (χ1) is 6.65. The van der Waals surface area contributed by atoms with E-state index in [1.165, 1.54) is 0 Å². The van der Waals surface area contributed by atoms with Gasteiger partial charge in [-0.2, -0.15) is 0 Å². The summed E-state index contributed by atoms with van der Waals surface area (Å²) in [6.45, 7) is 4.54. The number of imidazole rings is 1. The Morgan fingerprint density at radius 3 is 2.71 bits per heavy atom. The number of aromatic nitrogens is 2. The summed E-state index contributed by atoms with van der Waals surface area (Å²) in [6, 6.07) is 0. The van der Waals surface area contributed by atoms with Gasteiger partial charge in [0.15, 0.2) is 5.16 Å². The van der Waals surface area contributed by atoms with Crippen LogP contribution < -0.4 is 0 Å². The average Bonchev–Trinajstić information content (AvgIpc) is 2.52. The van der Waals surface area contributed by atoms with Crippen molar-refractivity contribution in [1.29, 1.82) is 0 Å². The second-order valence-electron chi connectivity index (χ2n) is 3.79. The fraction of sp³-hybridized carbons (Fsp3) is 0.700. The van der Waals surface area contributed by atoms with Gasteiger partial charge in [0, 0.05) is 30.5 Å². The number of rotatable bonds is 5. The lowest BCUT2D eigenvalue weighted by atomic mass is 10.0. The number of alkyl halides is 1. The van der Waals surface area contributed by atoms with Gasteiger partial charge in [-0.05, 0) is 11.8 Å². The Balaban J connectivity index is 2.43. The van der Waals surface area contributed by atoms with Crippen LogP contribution in [0.3, 0.4) is 0 Å². The largest absolute Gasteiger partial charge is 0.329 e. The van der Waals surface area contributed by atoms with E-state index in [2.05, 4.69) is 39.3 Å². The molecule has 1 aromatic heterocycles. The molecule has 0 aliphatic rings. The maximum absolute atomic E-state index is 4.29. The highest BCUT2D eigenvalue weighted by Gasteiger charge is 2.13. The third-order valence-electron chi connectivity index (χ3n) is 2.34. The minimum absolute atomic E-state index is 0.719. The Bertz CT molecular complexity index is 273. The van der Waals surface area contributed by atoms with Crippen molar-refractivity contribution in [2.24, 2.45) is 18.9 Å². The minimum Gasteiger partial charge on any atom is -0.329 e. The average molecular weight is 277 g/mol. The number of halogens is 1. The molecule has 2 nitrogen and oxygen atoms in total. The van der Waals surface area contributed by atoms with E-state index >= 15 is 0 Å². The number of thioether (sulfide) groups is 1. The molecular weight excluding hydrogens is 260 g/mol. The molecule has 0 aromatic carbocycles. The second kappa shape index (κ2) is 5.81. The number of nitrogens with zero attached hydrogens (tertiary/aromatic N) is 2. The van der Waals surface area contributed by atoms with Crippen molar-refractivity contribution < 1.29 is 0 Å². The van der Waals surface area contributed by atoms with Gasteiger partial charge in [0.1, 0.15) is 0 Å². The maximum Gasteiger partial charge on any atom is 0.167 e. The first-order valence-corrected chi connectivity index (χ1v) is 6.92. The predicted molar refractivity (Wildman–Crippen MR) is 66.1 cm³/mol. The van der Waals surface area contributed by atoms with Crippen LogP contribution in [0.25, 0.3) is 0 Å². The van der Waals surface area contributed by atoms with E-state index in [1.54, 1.807) is 0 Å². The Hall–Kier alpha value is 0.0400. The summed E-state index contributed by atoms with van der Waals surface area (Å²) in [5.74, 6) is 2.58. The van der Waals surface area contributed by atoms with Crippen LogP contribution in [0.5, 0.6) is 0 Å². The van der Waals surface area contributed by atoms with Crippen molar-refractivity contribution in [3.8, 4) is 0 Å². The molecule has 1 aromatic rings. The minimum atomic E-state index is 0.719. The molecule has 80 valence electrons. The zero-order chi connectivity index (χ0) is 10.6. The summed E-state index contributed by atoms with van der Waals surface area (Å²) in [7, 11) is 2.04. The molecule has 1 atom stereocenters. The van der Waals surface area contributed by atoms with Gasteiger partial charge in [0.25, 0.3) is 0 Å². The smallest absolute Gasteiger partial charge is 0.167 e. The molecule has 0 N–H and O–H groups in total. The van der Waals surface area contributed by atoms with E-state index in [1.807, 2.05) is 31.2 Å². The van der Waals surface area contributed by atoms with E-state index in [0.29, 0.717) is 0 Å². The van der Waals surface area contributed by atoms with Gasteiger partial charge in [-0.25, -0.2) is 4.98 Å². The number of hydrogen-bond acceptors (Lipinski definition) is 2. The van der Waals surface area contributed by atoms with Crippen molar-refractivity contribution in [2.75, 3.05) is 11.1 Å². The summed E-state index contributed by atoms with van der Waals surface area (Å²) in [5, 5.41) is 2.18. The highest BCUT2D eigenvalue weighted by molar-refractivity contribution is 9.09. The normalized spacial score (nSPS) is 13.5. The van der Waals surface area contributed by atoms with E-state index in [9.17, 15) is 0 Å². The molecule has 0 fully saturated rings. The highest BCUT2D eigenvalue weighted by atomic mass is 79.9. The van der Waals surface area contributed by atoms with Crippen molar-refractivity contribution in [3.63, 3.8) is 0 Å². The van der Waals surface area contributed by atoms with E-state index in [0.717, 1.165) is 28.1 Å². The summed E-state index contributed by atoms with van der Waals surface area (Å²) >= 11 is 5.40.